The summed E-state index contributed by atoms with van der Waals surface area (Å²) in [5.74, 6) is 0.821. The van der Waals surface area contributed by atoms with Gasteiger partial charge in [0.2, 0.25) is 0 Å². The molecule has 1 aliphatic heterocycles. The molecule has 1 saturated carbocycles. The number of rotatable bonds is 5. The second-order valence-corrected chi connectivity index (χ2v) is 13.5. The van der Waals surface area contributed by atoms with Crippen molar-refractivity contribution in [1.82, 2.24) is 4.98 Å². The van der Waals surface area contributed by atoms with Gasteiger partial charge in [0.25, 0.3) is 0 Å². The van der Waals surface area contributed by atoms with Gasteiger partial charge >= 0.3 is 5.97 Å². The molecule has 41 heavy (non-hydrogen) atoms. The maximum Gasteiger partial charge on any atom is 0.306 e. The number of aliphatic hydroxyl groups is 1. The summed E-state index contributed by atoms with van der Waals surface area (Å²) in [4.78, 5) is 17.9. The van der Waals surface area contributed by atoms with E-state index in [4.69, 9.17) is 9.72 Å². The minimum absolute atomic E-state index is 0.0578. The zero-order valence-electron chi connectivity index (χ0n) is 24.0. The van der Waals surface area contributed by atoms with Crippen LogP contribution < -0.4 is 0 Å². The van der Waals surface area contributed by atoms with Crippen molar-refractivity contribution < 1.29 is 14.6 Å². The first kappa shape index (κ1) is 27.7. The molecule has 1 saturated heterocycles. The maximum absolute atomic E-state index is 13.1. The lowest BCUT2D eigenvalue weighted by atomic mass is 9.88. The van der Waals surface area contributed by atoms with Crippen molar-refractivity contribution >= 4 is 40.8 Å². The second kappa shape index (κ2) is 11.1. The van der Waals surface area contributed by atoms with Gasteiger partial charge < -0.3 is 9.84 Å². The van der Waals surface area contributed by atoms with E-state index in [9.17, 15) is 9.90 Å². The predicted octanol–water partition coefficient (Wildman–Crippen LogP) is 8.57. The van der Waals surface area contributed by atoms with Gasteiger partial charge in [-0.05, 0) is 85.1 Å². The molecule has 6 rings (SSSR count). The van der Waals surface area contributed by atoms with Gasteiger partial charge in [0.15, 0.2) is 0 Å². The number of aromatic nitrogens is 1. The third kappa shape index (κ3) is 6.42. The number of cyclic esters (lactones) is 1. The molecule has 210 valence electrons. The summed E-state index contributed by atoms with van der Waals surface area (Å²) in [7, 11) is 0. The van der Waals surface area contributed by atoms with E-state index in [1.165, 1.54) is 11.1 Å². The summed E-state index contributed by atoms with van der Waals surface area (Å²) in [6.07, 6.45) is 7.03. The molecule has 2 atom stereocenters. The molecule has 4 aromatic rings. The Balaban J connectivity index is 1.31. The highest BCUT2D eigenvalue weighted by molar-refractivity contribution is 7.99. The number of hydrogen-bond acceptors (Lipinski definition) is 5. The number of aryl methyl sites for hydroxylation is 1. The van der Waals surface area contributed by atoms with Crippen molar-refractivity contribution in [3.8, 4) is 0 Å². The van der Waals surface area contributed by atoms with Gasteiger partial charge in [-0.1, -0.05) is 72.8 Å². The fourth-order valence-corrected chi connectivity index (χ4v) is 7.38. The Hall–Kier alpha value is -3.41. The van der Waals surface area contributed by atoms with Crippen molar-refractivity contribution in [2.75, 3.05) is 5.75 Å². The first-order chi connectivity index (χ1) is 19.7. The lowest BCUT2D eigenvalue weighted by Gasteiger charge is -2.28. The van der Waals surface area contributed by atoms with E-state index in [-0.39, 0.29) is 16.6 Å². The van der Waals surface area contributed by atoms with Gasteiger partial charge in [-0.25, -0.2) is 4.98 Å². The van der Waals surface area contributed by atoms with Crippen LogP contribution in [0, 0.1) is 12.3 Å². The van der Waals surface area contributed by atoms with Gasteiger partial charge in [0.05, 0.1) is 23.2 Å². The molecule has 0 radical (unpaired) electrons. The molecular formula is C36H37NO3S. The molecule has 0 amide bonds. The number of thioether (sulfide) groups is 1. The van der Waals surface area contributed by atoms with E-state index in [1.54, 1.807) is 13.8 Å². The number of hydrogen-bond donors (Lipinski definition) is 1. The van der Waals surface area contributed by atoms with Crippen LogP contribution in [0.2, 0.25) is 0 Å². The zero-order chi connectivity index (χ0) is 28.6. The number of pyridine rings is 1. The Morgan fingerprint density at radius 1 is 1.00 bits per heavy atom. The van der Waals surface area contributed by atoms with E-state index in [0.29, 0.717) is 12.8 Å². The normalized spacial score (nSPS) is 20.9. The van der Waals surface area contributed by atoms with Gasteiger partial charge in [0.1, 0.15) is 6.10 Å². The Kier molecular flexibility index (Phi) is 7.52. The third-order valence-corrected chi connectivity index (χ3v) is 9.98. The maximum atomic E-state index is 13.1. The van der Waals surface area contributed by atoms with Crippen molar-refractivity contribution in [2.45, 2.75) is 63.4 Å². The minimum Gasteiger partial charge on any atom is -0.457 e. The van der Waals surface area contributed by atoms with Crippen molar-refractivity contribution in [1.29, 1.82) is 0 Å². The Morgan fingerprint density at radius 3 is 2.61 bits per heavy atom. The zero-order valence-corrected chi connectivity index (χ0v) is 24.8. The highest BCUT2D eigenvalue weighted by Crippen LogP contribution is 2.55. The van der Waals surface area contributed by atoms with E-state index in [0.717, 1.165) is 51.9 Å². The smallest absolute Gasteiger partial charge is 0.306 e. The molecule has 2 fully saturated rings. The van der Waals surface area contributed by atoms with E-state index < -0.39 is 11.7 Å². The number of benzene rings is 3. The molecule has 5 heteroatoms. The van der Waals surface area contributed by atoms with Gasteiger partial charge in [-0.3, -0.25) is 4.79 Å². The molecule has 3 aromatic carbocycles. The third-order valence-electron chi connectivity index (χ3n) is 8.33. The molecule has 0 bridgehead atoms. The lowest BCUT2D eigenvalue weighted by molar-refractivity contribution is -0.151. The molecule has 4 nitrogen and oxygen atoms in total. The largest absolute Gasteiger partial charge is 0.457 e. The first-order valence-corrected chi connectivity index (χ1v) is 15.5. The van der Waals surface area contributed by atoms with Crippen LogP contribution >= 0.6 is 11.8 Å². The molecule has 0 unspecified atom stereocenters. The van der Waals surface area contributed by atoms with Crippen LogP contribution in [-0.2, 0) is 15.1 Å². The number of fused-ring (bicyclic) bond motifs is 1. The lowest BCUT2D eigenvalue weighted by Crippen LogP contribution is -2.22. The van der Waals surface area contributed by atoms with E-state index >= 15 is 0 Å². The average molecular weight is 564 g/mol. The second-order valence-electron chi connectivity index (χ2n) is 12.3. The van der Waals surface area contributed by atoms with Crippen LogP contribution in [0.25, 0.3) is 23.1 Å². The molecular weight excluding hydrogens is 526 g/mol. The number of esters is 1. The summed E-state index contributed by atoms with van der Waals surface area (Å²) in [5, 5.41) is 12.2. The van der Waals surface area contributed by atoms with Crippen LogP contribution in [0.4, 0.5) is 0 Å². The fraction of sp³-hybridized carbons (Fsp3) is 0.333. The molecule has 1 N–H and O–H groups in total. The molecule has 1 aliphatic carbocycles. The Labute approximate surface area is 246 Å². The summed E-state index contributed by atoms with van der Waals surface area (Å²) in [6, 6.07) is 27.0. The van der Waals surface area contributed by atoms with E-state index in [1.807, 2.05) is 36.0 Å². The standard InChI is InChI=1S/C36H37NO3S/c1-24-11-13-26-14-16-28(37-31(26)19-24)15-12-25-7-6-8-27(20-25)33-21-32(29-9-4-5-10-30(29)35(2,3)39)40-34(38)22-36(17-18-36)23-41-33/h4-16,19-20,32-33,39H,17-18,21-23H2,1-3H3/b15-12+/t32-,33+/m0/s1. The minimum atomic E-state index is -1.04. The van der Waals surface area contributed by atoms with Crippen molar-refractivity contribution in [3.05, 3.63) is 112 Å². The number of carbonyl (C=O) groups excluding carboxylic acids is 1. The average Bonchev–Trinajstić information content (AvgIpc) is 3.70. The van der Waals surface area contributed by atoms with Gasteiger partial charge in [-0.2, -0.15) is 11.8 Å². The first-order valence-electron chi connectivity index (χ1n) is 14.5. The van der Waals surface area contributed by atoms with Crippen molar-refractivity contribution in [3.63, 3.8) is 0 Å². The van der Waals surface area contributed by atoms with Crippen molar-refractivity contribution in [2.24, 2.45) is 5.41 Å². The Bertz CT molecular complexity index is 1610. The summed E-state index contributed by atoms with van der Waals surface area (Å²) in [6.45, 7) is 5.66. The van der Waals surface area contributed by atoms with Crippen LogP contribution in [0.1, 0.15) is 84.4 Å². The Morgan fingerprint density at radius 2 is 1.80 bits per heavy atom. The predicted molar refractivity (Wildman–Crippen MR) is 168 cm³/mol. The van der Waals surface area contributed by atoms with Crippen LogP contribution in [-0.4, -0.2) is 21.8 Å². The molecule has 1 spiro atoms. The molecule has 2 aliphatic rings. The monoisotopic (exact) mass is 563 g/mol. The van der Waals surface area contributed by atoms with E-state index in [2.05, 4.69) is 73.7 Å². The van der Waals surface area contributed by atoms with Gasteiger partial charge in [0, 0.05) is 22.8 Å². The van der Waals surface area contributed by atoms with Crippen LogP contribution in [0.3, 0.4) is 0 Å². The highest BCUT2D eigenvalue weighted by atomic mass is 32.2. The number of carbonyl (C=O) groups is 1. The highest BCUT2D eigenvalue weighted by Gasteiger charge is 2.46. The summed E-state index contributed by atoms with van der Waals surface area (Å²) in [5.41, 5.74) is 6.17. The summed E-state index contributed by atoms with van der Waals surface area (Å²) < 4.78 is 6.21. The summed E-state index contributed by atoms with van der Waals surface area (Å²) >= 11 is 1.94. The number of ether oxygens (including phenoxy) is 1. The fourth-order valence-electron chi connectivity index (χ4n) is 5.78. The number of nitrogens with zero attached hydrogens (tertiary/aromatic N) is 1. The van der Waals surface area contributed by atoms with Crippen LogP contribution in [0.15, 0.2) is 78.9 Å². The quantitative estimate of drug-likeness (QED) is 0.247. The van der Waals surface area contributed by atoms with Crippen LogP contribution in [0.5, 0.6) is 0 Å². The SMILES string of the molecule is Cc1ccc2ccc(/C=C/c3cccc([C@H]4C[C@@H](c5ccccc5C(C)(C)O)OC(=O)CC5(CC5)CS4)c3)nc2c1. The molecule has 1 aromatic heterocycles. The molecule has 2 heterocycles. The van der Waals surface area contributed by atoms with Gasteiger partial charge in [-0.15, -0.1) is 0 Å². The topological polar surface area (TPSA) is 59.4 Å².